The van der Waals surface area contributed by atoms with Gasteiger partial charge in [-0.15, -0.1) is 10.2 Å². The normalized spacial score (nSPS) is 23.0. The van der Waals surface area contributed by atoms with Crippen LogP contribution in [0.2, 0.25) is 0 Å². The molecule has 23 heavy (non-hydrogen) atoms. The van der Waals surface area contributed by atoms with Gasteiger partial charge in [0.1, 0.15) is 11.9 Å². The van der Waals surface area contributed by atoms with E-state index in [4.69, 9.17) is 4.74 Å². The fraction of sp³-hybridized carbons (Fsp3) is 0.769. The molecule has 2 heterocycles. The number of alkyl halides is 3. The summed E-state index contributed by atoms with van der Waals surface area (Å²) in [5.41, 5.74) is 0. The number of aromatic nitrogens is 3. The number of halogens is 3. The van der Waals surface area contributed by atoms with Crippen LogP contribution in [-0.2, 0) is 9.53 Å². The van der Waals surface area contributed by atoms with E-state index < -0.39 is 24.7 Å². The fourth-order valence-electron chi connectivity index (χ4n) is 2.72. The number of rotatable bonds is 4. The highest BCUT2D eigenvalue weighted by atomic mass is 19.4. The van der Waals surface area contributed by atoms with E-state index in [-0.39, 0.29) is 31.7 Å². The molecule has 1 aliphatic carbocycles. The molecule has 1 aliphatic heterocycles. The summed E-state index contributed by atoms with van der Waals surface area (Å²) in [7, 11) is 0. The Morgan fingerprint density at radius 2 is 2.13 bits per heavy atom. The van der Waals surface area contributed by atoms with Gasteiger partial charge < -0.3 is 4.74 Å². The number of morpholine rings is 1. The van der Waals surface area contributed by atoms with Crippen molar-refractivity contribution in [1.29, 1.82) is 0 Å². The van der Waals surface area contributed by atoms with Crippen molar-refractivity contribution in [2.24, 2.45) is 0 Å². The first-order valence-corrected chi connectivity index (χ1v) is 7.46. The molecule has 0 aromatic carbocycles. The SMILES string of the molecule is Cc1nnc(NC(=O)C2COCCN2CC(F)(F)F)n1C1CC1. The second kappa shape index (κ2) is 6.08. The van der Waals surface area contributed by atoms with Gasteiger partial charge in [0.25, 0.3) is 0 Å². The van der Waals surface area contributed by atoms with Crippen molar-refractivity contribution in [1.82, 2.24) is 19.7 Å². The number of hydrogen-bond donors (Lipinski definition) is 1. The van der Waals surface area contributed by atoms with E-state index in [2.05, 4.69) is 15.5 Å². The molecule has 0 radical (unpaired) electrons. The molecule has 0 spiro atoms. The van der Waals surface area contributed by atoms with Gasteiger partial charge in [0.05, 0.1) is 19.8 Å². The summed E-state index contributed by atoms with van der Waals surface area (Å²) in [5.74, 6) is 0.408. The Balaban J connectivity index is 1.71. The van der Waals surface area contributed by atoms with Crippen LogP contribution < -0.4 is 5.32 Å². The number of ether oxygens (including phenoxy) is 1. The number of carbonyl (C=O) groups is 1. The van der Waals surface area contributed by atoms with Crippen molar-refractivity contribution in [3.63, 3.8) is 0 Å². The summed E-state index contributed by atoms with van der Waals surface area (Å²) < 4.78 is 44.9. The van der Waals surface area contributed by atoms with E-state index >= 15 is 0 Å². The number of amides is 1. The number of nitrogens with zero attached hydrogens (tertiary/aromatic N) is 4. The van der Waals surface area contributed by atoms with Crippen molar-refractivity contribution < 1.29 is 22.7 Å². The van der Waals surface area contributed by atoms with E-state index in [0.29, 0.717) is 5.82 Å². The van der Waals surface area contributed by atoms with Gasteiger partial charge in [-0.25, -0.2) is 0 Å². The fourth-order valence-corrected chi connectivity index (χ4v) is 2.72. The van der Waals surface area contributed by atoms with Gasteiger partial charge in [0, 0.05) is 12.6 Å². The third-order valence-corrected chi connectivity index (χ3v) is 3.94. The average molecular weight is 333 g/mol. The van der Waals surface area contributed by atoms with Crippen LogP contribution in [0.5, 0.6) is 0 Å². The Bertz CT molecular complexity index is 585. The average Bonchev–Trinajstić information content (AvgIpc) is 3.22. The Hall–Kier alpha value is -1.68. The maximum atomic E-state index is 12.6. The molecule has 1 saturated carbocycles. The lowest BCUT2D eigenvalue weighted by Gasteiger charge is -2.34. The number of nitrogens with one attached hydrogen (secondary N) is 1. The van der Waals surface area contributed by atoms with Gasteiger partial charge in [0.2, 0.25) is 11.9 Å². The van der Waals surface area contributed by atoms with Crippen LogP contribution in [0.1, 0.15) is 24.7 Å². The van der Waals surface area contributed by atoms with Crippen LogP contribution >= 0.6 is 0 Å². The van der Waals surface area contributed by atoms with E-state index in [0.717, 1.165) is 17.7 Å². The van der Waals surface area contributed by atoms with Crippen molar-refractivity contribution in [3.8, 4) is 0 Å². The molecule has 1 amide bonds. The van der Waals surface area contributed by atoms with Gasteiger partial charge in [-0.05, 0) is 19.8 Å². The minimum absolute atomic E-state index is 0.0614. The third kappa shape index (κ3) is 3.81. The zero-order valence-corrected chi connectivity index (χ0v) is 12.6. The van der Waals surface area contributed by atoms with Crippen LogP contribution in [0.15, 0.2) is 0 Å². The molecule has 1 atom stereocenters. The molecule has 1 aromatic rings. The smallest absolute Gasteiger partial charge is 0.378 e. The van der Waals surface area contributed by atoms with Gasteiger partial charge in [0.15, 0.2) is 0 Å². The second-order valence-electron chi connectivity index (χ2n) is 5.84. The first-order valence-electron chi connectivity index (χ1n) is 7.46. The zero-order chi connectivity index (χ0) is 16.6. The van der Waals surface area contributed by atoms with E-state index in [1.54, 1.807) is 6.92 Å². The largest absolute Gasteiger partial charge is 0.401 e. The first kappa shape index (κ1) is 16.2. The van der Waals surface area contributed by atoms with E-state index in [9.17, 15) is 18.0 Å². The highest BCUT2D eigenvalue weighted by molar-refractivity contribution is 5.93. The Morgan fingerprint density at radius 1 is 1.39 bits per heavy atom. The van der Waals surface area contributed by atoms with Crippen LogP contribution in [0.3, 0.4) is 0 Å². The van der Waals surface area contributed by atoms with E-state index in [1.807, 2.05) is 4.57 Å². The lowest BCUT2D eigenvalue weighted by Crippen LogP contribution is -2.54. The first-order chi connectivity index (χ1) is 10.8. The maximum Gasteiger partial charge on any atom is 0.401 e. The summed E-state index contributed by atoms with van der Waals surface area (Å²) in [4.78, 5) is 13.5. The highest BCUT2D eigenvalue weighted by Crippen LogP contribution is 2.37. The van der Waals surface area contributed by atoms with E-state index in [1.165, 1.54) is 0 Å². The molecule has 128 valence electrons. The molecule has 1 saturated heterocycles. The van der Waals surface area contributed by atoms with Crippen LogP contribution in [-0.4, -0.2) is 64.1 Å². The quantitative estimate of drug-likeness (QED) is 0.894. The molecular formula is C13H18F3N5O2. The summed E-state index contributed by atoms with van der Waals surface area (Å²) in [6, 6.07) is -0.732. The minimum atomic E-state index is -4.36. The predicted molar refractivity (Wildman–Crippen MR) is 73.9 cm³/mol. The standard InChI is InChI=1S/C13H18F3N5O2/c1-8-18-19-12(21(8)9-2-3-9)17-11(22)10-6-23-5-4-20(10)7-13(14,15)16/h9-10H,2-7H2,1H3,(H,17,19,22). The highest BCUT2D eigenvalue weighted by Gasteiger charge is 2.39. The number of hydrogen-bond acceptors (Lipinski definition) is 5. The third-order valence-electron chi connectivity index (χ3n) is 3.94. The van der Waals surface area contributed by atoms with Crippen LogP contribution in [0.25, 0.3) is 0 Å². The predicted octanol–water partition coefficient (Wildman–Crippen LogP) is 1.12. The van der Waals surface area contributed by atoms with Gasteiger partial charge in [-0.1, -0.05) is 0 Å². The molecule has 7 nitrogen and oxygen atoms in total. The monoisotopic (exact) mass is 333 g/mol. The zero-order valence-electron chi connectivity index (χ0n) is 12.6. The maximum absolute atomic E-state index is 12.6. The summed E-state index contributed by atoms with van der Waals surface area (Å²) >= 11 is 0. The second-order valence-corrected chi connectivity index (χ2v) is 5.84. The lowest BCUT2D eigenvalue weighted by atomic mass is 10.2. The summed E-state index contributed by atoms with van der Waals surface area (Å²) in [6.45, 7) is 0.811. The van der Waals surface area contributed by atoms with Gasteiger partial charge >= 0.3 is 6.18 Å². The van der Waals surface area contributed by atoms with Crippen LogP contribution in [0.4, 0.5) is 19.1 Å². The lowest BCUT2D eigenvalue weighted by molar-refractivity contribution is -0.165. The Labute approximate surface area is 130 Å². The molecule has 0 bridgehead atoms. The molecule has 2 aliphatic rings. The molecular weight excluding hydrogens is 315 g/mol. The van der Waals surface area contributed by atoms with Crippen LogP contribution in [0, 0.1) is 6.92 Å². The minimum Gasteiger partial charge on any atom is -0.378 e. The number of aryl methyl sites for hydroxylation is 1. The Morgan fingerprint density at radius 3 is 2.78 bits per heavy atom. The van der Waals surface area contributed by atoms with Crippen molar-refractivity contribution in [2.45, 2.75) is 38.0 Å². The van der Waals surface area contributed by atoms with Gasteiger partial charge in [-0.3, -0.25) is 19.6 Å². The molecule has 1 unspecified atom stereocenters. The Kier molecular flexibility index (Phi) is 4.28. The van der Waals surface area contributed by atoms with Crippen molar-refractivity contribution >= 4 is 11.9 Å². The molecule has 2 fully saturated rings. The number of anilines is 1. The molecule has 1 aromatic heterocycles. The molecule has 1 N–H and O–H groups in total. The van der Waals surface area contributed by atoms with Crippen molar-refractivity contribution in [3.05, 3.63) is 5.82 Å². The number of carbonyl (C=O) groups excluding carboxylic acids is 1. The molecule has 3 rings (SSSR count). The topological polar surface area (TPSA) is 72.3 Å². The summed E-state index contributed by atoms with van der Waals surface area (Å²) in [5, 5.41) is 10.4. The van der Waals surface area contributed by atoms with Crippen molar-refractivity contribution in [2.75, 3.05) is 31.6 Å². The summed E-state index contributed by atoms with van der Waals surface area (Å²) in [6.07, 6.45) is -2.40. The molecule has 10 heteroatoms. The van der Waals surface area contributed by atoms with Gasteiger partial charge in [-0.2, -0.15) is 13.2 Å².